The van der Waals surface area contributed by atoms with Gasteiger partial charge in [0, 0.05) is 17.7 Å². The number of methoxy groups -OCH3 is 2. The predicted molar refractivity (Wildman–Crippen MR) is 123 cm³/mol. The molecular weight excluding hydrogens is 412 g/mol. The van der Waals surface area contributed by atoms with Crippen molar-refractivity contribution in [1.82, 2.24) is 0 Å². The summed E-state index contributed by atoms with van der Waals surface area (Å²) >= 11 is 0. The smallest absolute Gasteiger partial charge is 0.204 e. The van der Waals surface area contributed by atoms with Gasteiger partial charge in [0.05, 0.1) is 20.8 Å². The van der Waals surface area contributed by atoms with E-state index in [1.807, 2.05) is 0 Å². The van der Waals surface area contributed by atoms with Crippen LogP contribution in [0.25, 0.3) is 22.3 Å². The summed E-state index contributed by atoms with van der Waals surface area (Å²) in [6.07, 6.45) is 6.71. The number of benzene rings is 2. The first kappa shape index (κ1) is 23.3. The summed E-state index contributed by atoms with van der Waals surface area (Å²) in [5.41, 5.74) is 0.409. The minimum absolute atomic E-state index is 0.242. The normalized spacial score (nSPS) is 11.0. The summed E-state index contributed by atoms with van der Waals surface area (Å²) in [5.74, 6) is 0.699. The van der Waals surface area contributed by atoms with Gasteiger partial charge in [0.15, 0.2) is 28.4 Å². The predicted octanol–water partition coefficient (Wildman–Crippen LogP) is 5.63. The highest BCUT2D eigenvalue weighted by molar-refractivity contribution is 5.90. The molecule has 7 heteroatoms. The van der Waals surface area contributed by atoms with Gasteiger partial charge in [-0.1, -0.05) is 39.0 Å². The average molecular weight is 443 g/mol. The van der Waals surface area contributed by atoms with Crippen LogP contribution < -0.4 is 19.6 Å². The molecule has 172 valence electrons. The van der Waals surface area contributed by atoms with Crippen LogP contribution in [0.1, 0.15) is 45.4 Å². The zero-order chi connectivity index (χ0) is 23.1. The number of rotatable bonds is 11. The maximum absolute atomic E-state index is 13.1. The van der Waals surface area contributed by atoms with Crippen molar-refractivity contribution in [3.63, 3.8) is 0 Å². The maximum atomic E-state index is 13.1. The molecule has 32 heavy (non-hydrogen) atoms. The maximum Gasteiger partial charge on any atom is 0.204 e. The van der Waals surface area contributed by atoms with Crippen molar-refractivity contribution < 1.29 is 28.8 Å². The van der Waals surface area contributed by atoms with Crippen molar-refractivity contribution in [3.8, 4) is 40.1 Å². The van der Waals surface area contributed by atoms with E-state index in [0.29, 0.717) is 29.4 Å². The molecule has 0 aliphatic rings. The van der Waals surface area contributed by atoms with E-state index in [-0.39, 0.29) is 33.7 Å². The van der Waals surface area contributed by atoms with E-state index in [1.54, 1.807) is 12.1 Å². The van der Waals surface area contributed by atoms with Gasteiger partial charge in [-0.05, 0) is 24.6 Å². The van der Waals surface area contributed by atoms with E-state index in [1.165, 1.54) is 51.7 Å². The van der Waals surface area contributed by atoms with E-state index in [0.717, 1.165) is 19.3 Å². The number of phenolic OH excluding ortho intramolecular Hbond substituents is 2. The monoisotopic (exact) mass is 442 g/mol. The second-order valence-electron chi connectivity index (χ2n) is 7.61. The molecule has 0 fully saturated rings. The number of fused-ring (bicyclic) bond motifs is 1. The standard InChI is InChI=1S/C25H30O7/c1-4-5-6-7-8-9-12-31-25-23-19(28)14-20(16-10-11-17(26)18(27)13-16)32-21(23)15-22(29-2)24(25)30-3/h10-11,13-15,26-27H,4-9,12H2,1-3H3. The molecule has 0 aliphatic carbocycles. The van der Waals surface area contributed by atoms with Crippen LogP contribution in [-0.4, -0.2) is 31.0 Å². The topological polar surface area (TPSA) is 98.4 Å². The molecule has 2 N–H and O–H groups in total. The molecule has 0 atom stereocenters. The molecule has 3 rings (SSSR count). The van der Waals surface area contributed by atoms with E-state index in [2.05, 4.69) is 6.92 Å². The zero-order valence-electron chi connectivity index (χ0n) is 18.8. The van der Waals surface area contributed by atoms with Crippen molar-refractivity contribution in [2.75, 3.05) is 20.8 Å². The Morgan fingerprint density at radius 2 is 1.62 bits per heavy atom. The molecule has 0 saturated carbocycles. The van der Waals surface area contributed by atoms with Crippen LogP contribution in [0.15, 0.2) is 39.5 Å². The molecule has 1 heterocycles. The van der Waals surface area contributed by atoms with Crippen molar-refractivity contribution in [1.29, 1.82) is 0 Å². The Balaban J connectivity index is 1.97. The first-order chi connectivity index (χ1) is 15.5. The van der Waals surface area contributed by atoms with Gasteiger partial charge in [0.2, 0.25) is 5.75 Å². The van der Waals surface area contributed by atoms with Crippen molar-refractivity contribution in [2.45, 2.75) is 45.4 Å². The fraction of sp³-hybridized carbons (Fsp3) is 0.400. The van der Waals surface area contributed by atoms with Crippen molar-refractivity contribution in [3.05, 3.63) is 40.6 Å². The third-order valence-electron chi connectivity index (χ3n) is 5.32. The fourth-order valence-corrected chi connectivity index (χ4v) is 3.61. The summed E-state index contributed by atoms with van der Waals surface area (Å²) in [6, 6.07) is 7.12. The molecule has 0 saturated heterocycles. The molecule has 0 spiro atoms. The van der Waals surface area contributed by atoms with Gasteiger partial charge < -0.3 is 28.8 Å². The summed E-state index contributed by atoms with van der Waals surface area (Å²) < 4.78 is 22.9. The lowest BCUT2D eigenvalue weighted by molar-refractivity contribution is 0.279. The lowest BCUT2D eigenvalue weighted by Gasteiger charge is -2.16. The summed E-state index contributed by atoms with van der Waals surface area (Å²) in [4.78, 5) is 13.1. The molecule has 1 aromatic heterocycles. The Kier molecular flexibility index (Phi) is 7.87. The highest BCUT2D eigenvalue weighted by Crippen LogP contribution is 2.43. The van der Waals surface area contributed by atoms with Gasteiger partial charge in [-0.3, -0.25) is 4.79 Å². The Morgan fingerprint density at radius 3 is 2.31 bits per heavy atom. The molecule has 0 amide bonds. The third-order valence-corrected chi connectivity index (χ3v) is 5.32. The summed E-state index contributed by atoms with van der Waals surface area (Å²) in [7, 11) is 3.00. The Hall–Kier alpha value is -3.35. The van der Waals surface area contributed by atoms with Crippen LogP contribution in [0, 0.1) is 0 Å². The van der Waals surface area contributed by atoms with Gasteiger partial charge in [-0.2, -0.15) is 0 Å². The average Bonchev–Trinajstić information content (AvgIpc) is 2.79. The van der Waals surface area contributed by atoms with Gasteiger partial charge in [0.25, 0.3) is 0 Å². The van der Waals surface area contributed by atoms with E-state index in [9.17, 15) is 15.0 Å². The molecule has 7 nitrogen and oxygen atoms in total. The molecule has 3 aromatic rings. The van der Waals surface area contributed by atoms with Crippen LogP contribution in [-0.2, 0) is 0 Å². The second-order valence-corrected chi connectivity index (χ2v) is 7.61. The highest BCUT2D eigenvalue weighted by atomic mass is 16.5. The van der Waals surface area contributed by atoms with Crippen molar-refractivity contribution in [2.24, 2.45) is 0 Å². The number of hydrogen-bond donors (Lipinski definition) is 2. The van der Waals surface area contributed by atoms with Gasteiger partial charge in [-0.15, -0.1) is 0 Å². The molecular formula is C25H30O7. The molecule has 0 radical (unpaired) electrons. The van der Waals surface area contributed by atoms with Crippen LogP contribution in [0.2, 0.25) is 0 Å². The SMILES string of the molecule is CCCCCCCCOc1c(OC)c(OC)cc2oc(-c3ccc(O)c(O)c3)cc(=O)c12. The van der Waals surface area contributed by atoms with E-state index in [4.69, 9.17) is 18.6 Å². The largest absolute Gasteiger partial charge is 0.504 e. The Morgan fingerprint density at radius 1 is 0.875 bits per heavy atom. The van der Waals surface area contributed by atoms with Crippen LogP contribution in [0.3, 0.4) is 0 Å². The minimum atomic E-state index is -0.312. The van der Waals surface area contributed by atoms with Gasteiger partial charge >= 0.3 is 0 Å². The summed E-state index contributed by atoms with van der Waals surface area (Å²) in [6.45, 7) is 2.63. The minimum Gasteiger partial charge on any atom is -0.504 e. The quantitative estimate of drug-likeness (QED) is 0.293. The van der Waals surface area contributed by atoms with E-state index < -0.39 is 0 Å². The van der Waals surface area contributed by atoms with Crippen LogP contribution in [0.5, 0.6) is 28.7 Å². The van der Waals surface area contributed by atoms with Gasteiger partial charge in [-0.25, -0.2) is 0 Å². The molecule has 2 aromatic carbocycles. The Bertz CT molecular complexity index is 1120. The van der Waals surface area contributed by atoms with E-state index >= 15 is 0 Å². The number of hydrogen-bond acceptors (Lipinski definition) is 7. The third kappa shape index (κ3) is 5.10. The number of unbranched alkanes of at least 4 members (excludes halogenated alkanes) is 5. The van der Waals surface area contributed by atoms with Crippen molar-refractivity contribution >= 4 is 11.0 Å². The lowest BCUT2D eigenvalue weighted by Crippen LogP contribution is -2.08. The fourth-order valence-electron chi connectivity index (χ4n) is 3.61. The molecule has 0 unspecified atom stereocenters. The first-order valence-electron chi connectivity index (χ1n) is 10.9. The number of ether oxygens (including phenoxy) is 3. The van der Waals surface area contributed by atoms with Crippen LogP contribution in [0.4, 0.5) is 0 Å². The number of phenols is 2. The molecule has 0 aliphatic heterocycles. The van der Waals surface area contributed by atoms with Gasteiger partial charge in [0.1, 0.15) is 16.7 Å². The molecule has 0 bridgehead atoms. The first-order valence-corrected chi connectivity index (χ1v) is 10.9. The number of aromatic hydroxyl groups is 2. The summed E-state index contributed by atoms with van der Waals surface area (Å²) in [5, 5.41) is 19.6. The second kappa shape index (κ2) is 10.8. The lowest BCUT2D eigenvalue weighted by atomic mass is 10.1. The highest BCUT2D eigenvalue weighted by Gasteiger charge is 2.21. The zero-order valence-corrected chi connectivity index (χ0v) is 18.8. The van der Waals surface area contributed by atoms with Crippen LogP contribution >= 0.6 is 0 Å². The Labute approximate surface area is 187 Å².